The van der Waals surface area contributed by atoms with Crippen LogP contribution in [0.3, 0.4) is 0 Å². The van der Waals surface area contributed by atoms with Crippen LogP contribution in [0.2, 0.25) is 0 Å². The number of anilines is 2. The molecular formula is C19H23N4O3+. The summed E-state index contributed by atoms with van der Waals surface area (Å²) in [6.07, 6.45) is 3.27. The van der Waals surface area contributed by atoms with Crippen LogP contribution in [0, 0.1) is 0 Å². The van der Waals surface area contributed by atoms with Gasteiger partial charge < -0.3 is 14.5 Å². The average molecular weight is 355 g/mol. The van der Waals surface area contributed by atoms with Crippen molar-refractivity contribution in [2.75, 3.05) is 43.0 Å². The number of aromatic amines is 1. The Morgan fingerprint density at radius 1 is 1.12 bits per heavy atom. The summed E-state index contributed by atoms with van der Waals surface area (Å²) in [5, 5.41) is 2.63. The van der Waals surface area contributed by atoms with E-state index in [-0.39, 0.29) is 5.91 Å². The number of nitrogens with one attached hydrogen (secondary N) is 2. The Labute approximate surface area is 152 Å². The zero-order valence-corrected chi connectivity index (χ0v) is 14.8. The Balaban J connectivity index is 1.61. The maximum atomic E-state index is 12.8. The van der Waals surface area contributed by atoms with E-state index in [9.17, 15) is 9.59 Å². The zero-order chi connectivity index (χ0) is 18.4. The molecule has 1 aromatic heterocycles. The van der Waals surface area contributed by atoms with Crippen molar-refractivity contribution >= 4 is 23.4 Å². The van der Waals surface area contributed by atoms with E-state index in [1.807, 2.05) is 29.4 Å². The molecule has 1 aliphatic rings. The van der Waals surface area contributed by atoms with Crippen LogP contribution in [-0.2, 0) is 4.74 Å². The Bertz CT molecular complexity index is 758. The van der Waals surface area contributed by atoms with Crippen LogP contribution in [0.15, 0.2) is 48.8 Å². The standard InChI is InChI=1S/C19H22N4O3/c1-2-26-19(25)21-16-5-3-4-15(14-16)18(24)23-12-10-22(11-13-23)17-6-8-20-9-7-17/h3-9,14H,2,10-13H2,1H3,(H,21,25)/p+1. The van der Waals surface area contributed by atoms with Crippen LogP contribution in [0.5, 0.6) is 0 Å². The maximum absolute atomic E-state index is 12.8. The lowest BCUT2D eigenvalue weighted by atomic mass is 10.1. The lowest BCUT2D eigenvalue weighted by Crippen LogP contribution is -2.48. The van der Waals surface area contributed by atoms with E-state index in [4.69, 9.17) is 4.74 Å². The molecule has 26 heavy (non-hydrogen) atoms. The minimum Gasteiger partial charge on any atom is -0.450 e. The third-order valence-electron chi connectivity index (χ3n) is 4.26. The second kappa shape index (κ2) is 8.33. The smallest absolute Gasteiger partial charge is 0.411 e. The molecule has 3 rings (SSSR count). The predicted octanol–water partition coefficient (Wildman–Crippen LogP) is 2.03. The van der Waals surface area contributed by atoms with E-state index in [2.05, 4.69) is 15.2 Å². The van der Waals surface area contributed by atoms with Gasteiger partial charge in [0.05, 0.1) is 6.61 Å². The van der Waals surface area contributed by atoms with Gasteiger partial charge in [0.15, 0.2) is 12.4 Å². The van der Waals surface area contributed by atoms with Crippen LogP contribution in [-0.4, -0.2) is 49.7 Å². The topological polar surface area (TPSA) is 76.0 Å². The molecule has 1 aliphatic heterocycles. The summed E-state index contributed by atoms with van der Waals surface area (Å²) in [7, 11) is 0. The largest absolute Gasteiger partial charge is 0.450 e. The van der Waals surface area contributed by atoms with Gasteiger partial charge in [0, 0.05) is 55.2 Å². The fraction of sp³-hybridized carbons (Fsp3) is 0.316. The monoisotopic (exact) mass is 355 g/mol. The quantitative estimate of drug-likeness (QED) is 0.910. The van der Waals surface area contributed by atoms with Gasteiger partial charge in [0.2, 0.25) is 0 Å². The molecule has 0 radical (unpaired) electrons. The number of amides is 2. The molecule has 0 unspecified atom stereocenters. The normalized spacial score (nSPS) is 14.0. The number of hydrogen-bond donors (Lipinski definition) is 1. The molecule has 2 heterocycles. The van der Waals surface area contributed by atoms with Crippen molar-refractivity contribution in [3.8, 4) is 0 Å². The Kier molecular flexibility index (Phi) is 5.68. The van der Waals surface area contributed by atoms with Crippen molar-refractivity contribution in [2.45, 2.75) is 6.92 Å². The van der Waals surface area contributed by atoms with Gasteiger partial charge in [-0.1, -0.05) is 6.07 Å². The van der Waals surface area contributed by atoms with E-state index in [1.54, 1.807) is 31.2 Å². The van der Waals surface area contributed by atoms with Gasteiger partial charge in [-0.3, -0.25) is 10.1 Å². The number of nitrogens with zero attached hydrogens (tertiary/aromatic N) is 2. The van der Waals surface area contributed by atoms with Crippen LogP contribution in [0.4, 0.5) is 16.2 Å². The fourth-order valence-corrected chi connectivity index (χ4v) is 2.95. The Morgan fingerprint density at radius 3 is 2.54 bits per heavy atom. The molecule has 2 aromatic rings. The summed E-state index contributed by atoms with van der Waals surface area (Å²) in [6.45, 7) is 4.94. The molecule has 0 saturated carbocycles. The van der Waals surface area contributed by atoms with Gasteiger partial charge in [-0.05, 0) is 25.1 Å². The molecule has 136 valence electrons. The molecule has 1 aromatic carbocycles. The number of benzene rings is 1. The van der Waals surface area contributed by atoms with Gasteiger partial charge in [-0.25, -0.2) is 9.78 Å². The van der Waals surface area contributed by atoms with E-state index in [1.165, 1.54) is 0 Å². The molecule has 0 atom stereocenters. The van der Waals surface area contributed by atoms with E-state index in [0.29, 0.717) is 30.9 Å². The number of rotatable bonds is 4. The van der Waals surface area contributed by atoms with Crippen molar-refractivity contribution in [2.24, 2.45) is 0 Å². The van der Waals surface area contributed by atoms with Gasteiger partial charge in [-0.15, -0.1) is 0 Å². The predicted molar refractivity (Wildman–Crippen MR) is 98.2 cm³/mol. The number of ether oxygens (including phenoxy) is 1. The number of aromatic nitrogens is 1. The molecule has 2 N–H and O–H groups in total. The van der Waals surface area contributed by atoms with Gasteiger partial charge >= 0.3 is 6.09 Å². The highest BCUT2D eigenvalue weighted by Gasteiger charge is 2.22. The molecule has 1 saturated heterocycles. The van der Waals surface area contributed by atoms with Gasteiger partial charge in [0.1, 0.15) is 0 Å². The number of piperazine rings is 1. The first-order valence-corrected chi connectivity index (χ1v) is 8.71. The minimum atomic E-state index is -0.522. The summed E-state index contributed by atoms with van der Waals surface area (Å²) in [6, 6.07) is 11.0. The number of H-pyrrole nitrogens is 1. The minimum absolute atomic E-state index is 0.0291. The number of carbonyl (C=O) groups excluding carboxylic acids is 2. The maximum Gasteiger partial charge on any atom is 0.411 e. The Morgan fingerprint density at radius 2 is 1.85 bits per heavy atom. The SMILES string of the molecule is CCOC(=O)Nc1cccc(C(=O)N2CCN(c3cc[nH+]cc3)CC2)c1. The fourth-order valence-electron chi connectivity index (χ4n) is 2.95. The van der Waals surface area contributed by atoms with Crippen LogP contribution in [0.1, 0.15) is 17.3 Å². The Hall–Kier alpha value is -3.09. The van der Waals surface area contributed by atoms with E-state index in [0.717, 1.165) is 18.8 Å². The van der Waals surface area contributed by atoms with Gasteiger partial charge in [-0.2, -0.15) is 0 Å². The van der Waals surface area contributed by atoms with Crippen LogP contribution in [0.25, 0.3) is 0 Å². The first kappa shape index (κ1) is 17.7. The third kappa shape index (κ3) is 4.30. The molecule has 7 nitrogen and oxygen atoms in total. The highest BCUT2D eigenvalue weighted by molar-refractivity contribution is 5.96. The van der Waals surface area contributed by atoms with Gasteiger partial charge in [0.25, 0.3) is 5.91 Å². The molecule has 0 bridgehead atoms. The molecule has 0 spiro atoms. The summed E-state index contributed by atoms with van der Waals surface area (Å²) in [5.74, 6) is -0.0291. The van der Waals surface area contributed by atoms with Crippen LogP contribution >= 0.6 is 0 Å². The van der Waals surface area contributed by atoms with Crippen molar-refractivity contribution in [1.29, 1.82) is 0 Å². The van der Waals surface area contributed by atoms with Crippen molar-refractivity contribution in [3.63, 3.8) is 0 Å². The summed E-state index contributed by atoms with van der Waals surface area (Å²) < 4.78 is 4.86. The second-order valence-electron chi connectivity index (χ2n) is 5.96. The van der Waals surface area contributed by atoms with E-state index < -0.39 is 6.09 Å². The van der Waals surface area contributed by atoms with E-state index >= 15 is 0 Å². The number of pyridine rings is 1. The molecule has 7 heteroatoms. The lowest BCUT2D eigenvalue weighted by Gasteiger charge is -2.35. The van der Waals surface area contributed by atoms with Crippen LogP contribution < -0.4 is 15.2 Å². The summed E-state index contributed by atoms with van der Waals surface area (Å²) >= 11 is 0. The summed E-state index contributed by atoms with van der Waals surface area (Å²) in [5.41, 5.74) is 2.26. The molecule has 1 fully saturated rings. The first-order chi connectivity index (χ1) is 12.7. The number of carbonyl (C=O) groups is 2. The molecular weight excluding hydrogens is 332 g/mol. The van der Waals surface area contributed by atoms with Crippen molar-refractivity contribution in [3.05, 3.63) is 54.4 Å². The first-order valence-electron chi connectivity index (χ1n) is 8.71. The molecule has 2 amide bonds. The molecule has 0 aliphatic carbocycles. The second-order valence-corrected chi connectivity index (χ2v) is 5.96. The zero-order valence-electron chi connectivity index (χ0n) is 14.8. The highest BCUT2D eigenvalue weighted by Crippen LogP contribution is 2.17. The van der Waals surface area contributed by atoms with Crippen molar-refractivity contribution in [1.82, 2.24) is 4.90 Å². The van der Waals surface area contributed by atoms with Crippen molar-refractivity contribution < 1.29 is 19.3 Å². The lowest BCUT2D eigenvalue weighted by molar-refractivity contribution is -0.377. The summed E-state index contributed by atoms with van der Waals surface area (Å²) in [4.78, 5) is 31.4. The number of hydrogen-bond acceptors (Lipinski definition) is 4. The highest BCUT2D eigenvalue weighted by atomic mass is 16.5. The average Bonchev–Trinajstić information content (AvgIpc) is 2.68. The third-order valence-corrected chi connectivity index (χ3v) is 4.26.